The van der Waals surface area contributed by atoms with Crippen LogP contribution < -0.4 is 25.6 Å². The first kappa shape index (κ1) is 30.6. The first-order valence-electron chi connectivity index (χ1n) is 13.5. The van der Waals surface area contributed by atoms with Crippen LogP contribution in [0.1, 0.15) is 18.1 Å². The topological polar surface area (TPSA) is 89.4 Å². The summed E-state index contributed by atoms with van der Waals surface area (Å²) in [5.74, 6) is 1.69. The molecule has 4 rings (SSSR count). The summed E-state index contributed by atoms with van der Waals surface area (Å²) < 4.78 is 5.89. The first-order chi connectivity index (χ1) is 19.7. The molecule has 0 bridgehead atoms. The van der Waals surface area contributed by atoms with E-state index in [2.05, 4.69) is 87.6 Å². The highest BCUT2D eigenvalue weighted by atomic mass is 35.5. The van der Waals surface area contributed by atoms with Crippen LogP contribution in [0.25, 0.3) is 5.70 Å². The van der Waals surface area contributed by atoms with Gasteiger partial charge >= 0.3 is 0 Å². The number of alkyl halides is 1. The van der Waals surface area contributed by atoms with Crippen LogP contribution >= 0.6 is 11.6 Å². The van der Waals surface area contributed by atoms with Gasteiger partial charge in [0.2, 0.25) is 6.41 Å². The highest BCUT2D eigenvalue weighted by Crippen LogP contribution is 2.35. The second-order valence-corrected chi connectivity index (χ2v) is 9.61. The Labute approximate surface area is 242 Å². The average Bonchev–Trinajstić information content (AvgIpc) is 2.98. The summed E-state index contributed by atoms with van der Waals surface area (Å²) in [4.78, 5) is 12.9. The minimum absolute atomic E-state index is 0.232. The first-order valence-corrected chi connectivity index (χ1v) is 14.1. The van der Waals surface area contributed by atoms with E-state index >= 15 is 0 Å². The molecule has 210 valence electrons. The summed E-state index contributed by atoms with van der Waals surface area (Å²) >= 11 is 6.06. The summed E-state index contributed by atoms with van der Waals surface area (Å²) in [6.07, 6.45) is 3.95. The Morgan fingerprint density at radius 1 is 1.10 bits per heavy atom. The number of halogens is 1. The molecule has 3 aromatic carbocycles. The summed E-state index contributed by atoms with van der Waals surface area (Å²) in [5, 5.41) is 17.2. The lowest BCUT2D eigenvalue weighted by Gasteiger charge is -2.31. The number of hydrogen-bond donors (Lipinski definition) is 3. The van der Waals surface area contributed by atoms with Crippen molar-refractivity contribution in [2.75, 3.05) is 55.4 Å². The SMILES string of the molecule is CC#N.O=CNCCNCC(/C=C(/Nc1ccc2c(c1)N(CCCl)CCO2)c1ccccc1)Cc1ccccc1. The van der Waals surface area contributed by atoms with E-state index in [0.29, 0.717) is 25.6 Å². The Hall–Kier alpha value is -3.99. The molecule has 40 heavy (non-hydrogen) atoms. The van der Waals surface area contributed by atoms with E-state index < -0.39 is 0 Å². The third-order valence-electron chi connectivity index (χ3n) is 6.32. The summed E-state index contributed by atoms with van der Waals surface area (Å²) in [6, 6.07) is 28.9. The van der Waals surface area contributed by atoms with Gasteiger partial charge in [0, 0.05) is 50.4 Å². The number of nitrogens with one attached hydrogen (secondary N) is 3. The van der Waals surface area contributed by atoms with Gasteiger partial charge in [-0.3, -0.25) is 4.79 Å². The largest absolute Gasteiger partial charge is 0.490 e. The van der Waals surface area contributed by atoms with E-state index in [0.717, 1.165) is 60.8 Å². The van der Waals surface area contributed by atoms with Gasteiger partial charge in [-0.05, 0) is 41.7 Å². The van der Waals surface area contributed by atoms with Crippen LogP contribution in [0.15, 0.2) is 84.9 Å². The lowest BCUT2D eigenvalue weighted by atomic mass is 9.96. The minimum Gasteiger partial charge on any atom is -0.490 e. The molecule has 1 amide bonds. The zero-order valence-electron chi connectivity index (χ0n) is 23.0. The lowest BCUT2D eigenvalue weighted by Crippen LogP contribution is -2.34. The van der Waals surface area contributed by atoms with Crippen LogP contribution in [-0.2, 0) is 11.2 Å². The number of benzene rings is 3. The Morgan fingerprint density at radius 2 is 1.82 bits per heavy atom. The van der Waals surface area contributed by atoms with Crippen molar-refractivity contribution in [3.8, 4) is 11.8 Å². The Kier molecular flexibility index (Phi) is 13.4. The number of nitrogens with zero attached hydrogens (tertiary/aromatic N) is 2. The third kappa shape index (κ3) is 9.96. The predicted octanol–water partition coefficient (Wildman–Crippen LogP) is 5.30. The maximum Gasteiger partial charge on any atom is 0.207 e. The van der Waals surface area contributed by atoms with Gasteiger partial charge in [-0.25, -0.2) is 0 Å². The van der Waals surface area contributed by atoms with Crippen LogP contribution in [0.2, 0.25) is 0 Å². The molecule has 0 fully saturated rings. The monoisotopic (exact) mass is 559 g/mol. The fourth-order valence-corrected chi connectivity index (χ4v) is 4.72. The van der Waals surface area contributed by atoms with Crippen LogP contribution in [-0.4, -0.2) is 51.6 Å². The van der Waals surface area contributed by atoms with Gasteiger partial charge in [-0.2, -0.15) is 5.26 Å². The van der Waals surface area contributed by atoms with Crippen LogP contribution in [0.5, 0.6) is 5.75 Å². The average molecular weight is 560 g/mol. The normalized spacial score (nSPS) is 13.0. The molecule has 1 aliphatic rings. The fourth-order valence-electron chi connectivity index (χ4n) is 4.52. The molecule has 0 aliphatic carbocycles. The zero-order chi connectivity index (χ0) is 28.4. The number of carbonyl (C=O) groups excluding carboxylic acids is 1. The van der Waals surface area contributed by atoms with E-state index in [1.807, 2.05) is 18.2 Å². The molecule has 0 saturated heterocycles. The molecule has 1 atom stereocenters. The highest BCUT2D eigenvalue weighted by Gasteiger charge is 2.19. The van der Waals surface area contributed by atoms with Crippen molar-refractivity contribution in [2.45, 2.75) is 13.3 Å². The van der Waals surface area contributed by atoms with Gasteiger partial charge in [0.25, 0.3) is 0 Å². The number of nitriles is 1. The van der Waals surface area contributed by atoms with Crippen molar-refractivity contribution < 1.29 is 9.53 Å². The van der Waals surface area contributed by atoms with Gasteiger partial charge in [-0.1, -0.05) is 66.7 Å². The Morgan fingerprint density at radius 3 is 2.52 bits per heavy atom. The Balaban J connectivity index is 0.00000141. The van der Waals surface area contributed by atoms with Gasteiger partial charge in [0.05, 0.1) is 18.3 Å². The standard InChI is InChI=1S/C30H35ClN4O2.C2H3N/c31-13-16-35-17-18-37-30-12-11-27(21-29(30)35)34-28(26-9-5-2-6-10-26)20-25(22-32-14-15-33-23-36)19-24-7-3-1-4-8-24;1-2-3/h1-12,20-21,23,25,32,34H,13-19,22H2,(H,33,36);1H3/b28-20+;. The van der Waals surface area contributed by atoms with Gasteiger partial charge in [0.1, 0.15) is 12.4 Å². The second-order valence-electron chi connectivity index (χ2n) is 9.23. The van der Waals surface area contributed by atoms with E-state index in [1.165, 1.54) is 12.5 Å². The van der Waals surface area contributed by atoms with Crippen molar-refractivity contribution in [3.05, 3.63) is 96.1 Å². The van der Waals surface area contributed by atoms with E-state index in [1.54, 1.807) is 6.07 Å². The molecular weight excluding hydrogens is 522 g/mol. The number of anilines is 2. The second kappa shape index (κ2) is 17.6. The number of amides is 1. The molecule has 1 heterocycles. The van der Waals surface area contributed by atoms with Gasteiger partial charge < -0.3 is 25.6 Å². The zero-order valence-corrected chi connectivity index (χ0v) is 23.7. The number of rotatable bonds is 14. The maximum absolute atomic E-state index is 10.6. The van der Waals surface area contributed by atoms with Crippen molar-refractivity contribution >= 4 is 35.1 Å². The number of ether oxygens (including phenoxy) is 1. The molecule has 8 heteroatoms. The molecule has 1 aliphatic heterocycles. The molecule has 0 aromatic heterocycles. The predicted molar refractivity (Wildman–Crippen MR) is 165 cm³/mol. The van der Waals surface area contributed by atoms with E-state index in [-0.39, 0.29) is 5.92 Å². The molecule has 0 radical (unpaired) electrons. The van der Waals surface area contributed by atoms with Crippen molar-refractivity contribution in [2.24, 2.45) is 5.92 Å². The number of hydrogen-bond acceptors (Lipinski definition) is 6. The van der Waals surface area contributed by atoms with Crippen LogP contribution in [0, 0.1) is 17.2 Å². The molecule has 3 N–H and O–H groups in total. The smallest absolute Gasteiger partial charge is 0.207 e. The molecule has 0 saturated carbocycles. The number of fused-ring (bicyclic) bond motifs is 1. The summed E-state index contributed by atoms with van der Waals surface area (Å²) in [7, 11) is 0. The van der Waals surface area contributed by atoms with E-state index in [4.69, 9.17) is 21.6 Å². The van der Waals surface area contributed by atoms with Crippen LogP contribution in [0.3, 0.4) is 0 Å². The van der Waals surface area contributed by atoms with Crippen molar-refractivity contribution in [3.63, 3.8) is 0 Å². The quantitative estimate of drug-likeness (QED) is 0.141. The fraction of sp³-hybridized carbons (Fsp3) is 0.312. The van der Waals surface area contributed by atoms with Crippen LogP contribution in [0.4, 0.5) is 11.4 Å². The molecule has 3 aromatic rings. The maximum atomic E-state index is 10.6. The molecular formula is C32H38ClN5O2. The number of carbonyl (C=O) groups is 1. The van der Waals surface area contributed by atoms with Gasteiger partial charge in [0.15, 0.2) is 0 Å². The van der Waals surface area contributed by atoms with E-state index in [9.17, 15) is 4.79 Å². The lowest BCUT2D eigenvalue weighted by molar-refractivity contribution is -0.109. The van der Waals surface area contributed by atoms with Gasteiger partial charge in [-0.15, -0.1) is 11.6 Å². The highest BCUT2D eigenvalue weighted by molar-refractivity contribution is 6.18. The summed E-state index contributed by atoms with van der Waals surface area (Å²) in [6.45, 7) is 5.82. The summed E-state index contributed by atoms with van der Waals surface area (Å²) in [5.41, 5.74) is 5.52. The minimum atomic E-state index is 0.232. The third-order valence-corrected chi connectivity index (χ3v) is 6.48. The molecule has 0 spiro atoms. The van der Waals surface area contributed by atoms with Crippen molar-refractivity contribution in [1.82, 2.24) is 10.6 Å². The Bertz CT molecular complexity index is 1230. The molecule has 7 nitrogen and oxygen atoms in total. The van der Waals surface area contributed by atoms with Crippen molar-refractivity contribution in [1.29, 1.82) is 5.26 Å². The molecule has 1 unspecified atom stereocenters.